The highest BCUT2D eigenvalue weighted by Gasteiger charge is 2.33. The van der Waals surface area contributed by atoms with E-state index < -0.39 is 16.0 Å². The zero-order chi connectivity index (χ0) is 26.7. The van der Waals surface area contributed by atoms with E-state index in [1.54, 1.807) is 6.07 Å². The molecule has 10 heteroatoms. The Hall–Kier alpha value is -2.56. The highest BCUT2D eigenvalue weighted by atomic mass is 32.2. The van der Waals surface area contributed by atoms with Crippen molar-refractivity contribution in [2.45, 2.75) is 70.3 Å². The quantitative estimate of drug-likeness (QED) is 0.475. The van der Waals surface area contributed by atoms with Gasteiger partial charge in [-0.2, -0.15) is 4.31 Å². The fourth-order valence-corrected chi connectivity index (χ4v) is 6.75. The standard InChI is InChI=1S/C27H37N3O6S/c1-17(2)36-14-4-11-28-26(31)19-9-12-30(13-10-19)37(34,35)20-6-8-24-22(16-20)25(27(32)33)21-15-18(3)5-7-23(21)29-24/h6,8,16-19H,4-5,7,9-15H2,1-3H3,(H,28,31)(H,32,33)/t18-/m1/s1. The van der Waals surface area contributed by atoms with E-state index in [-0.39, 0.29) is 41.5 Å². The maximum atomic E-state index is 13.5. The predicted molar refractivity (Wildman–Crippen MR) is 140 cm³/mol. The minimum absolute atomic E-state index is 0.0523. The molecule has 0 unspecified atom stereocenters. The van der Waals surface area contributed by atoms with Crippen LogP contribution in [0, 0.1) is 11.8 Å². The SMILES string of the molecule is CC(C)OCCCNC(=O)C1CCN(S(=O)(=O)c2ccc3nc4c(c(C(=O)O)c3c2)C[C@H](C)CC4)CC1. The van der Waals surface area contributed by atoms with Gasteiger partial charge in [0.2, 0.25) is 15.9 Å². The van der Waals surface area contributed by atoms with Crippen LogP contribution >= 0.6 is 0 Å². The van der Waals surface area contributed by atoms with Crippen molar-refractivity contribution in [3.8, 4) is 0 Å². The number of nitrogens with zero attached hydrogens (tertiary/aromatic N) is 2. The number of ether oxygens (including phenoxy) is 1. The molecule has 0 bridgehead atoms. The lowest BCUT2D eigenvalue weighted by Crippen LogP contribution is -2.43. The number of carbonyl (C=O) groups is 2. The molecule has 2 aromatic rings. The summed E-state index contributed by atoms with van der Waals surface area (Å²) in [5, 5.41) is 13.3. The third kappa shape index (κ3) is 6.13. The number of sulfonamides is 1. The average molecular weight is 532 g/mol. The van der Waals surface area contributed by atoms with Crippen molar-refractivity contribution in [1.82, 2.24) is 14.6 Å². The minimum atomic E-state index is -3.85. The van der Waals surface area contributed by atoms with E-state index in [4.69, 9.17) is 4.74 Å². The fraction of sp³-hybridized carbons (Fsp3) is 0.593. The molecule has 1 aromatic heterocycles. The Morgan fingerprint density at radius 3 is 2.62 bits per heavy atom. The number of nitrogens with one attached hydrogen (secondary N) is 1. The Morgan fingerprint density at radius 1 is 1.22 bits per heavy atom. The Bertz CT molecular complexity index is 1270. The number of piperidine rings is 1. The maximum absolute atomic E-state index is 13.5. The summed E-state index contributed by atoms with van der Waals surface area (Å²) in [5.41, 5.74) is 2.18. The summed E-state index contributed by atoms with van der Waals surface area (Å²) in [6.45, 7) is 7.61. The Balaban J connectivity index is 1.47. The molecule has 1 aliphatic heterocycles. The van der Waals surface area contributed by atoms with E-state index >= 15 is 0 Å². The first-order chi connectivity index (χ1) is 17.6. The maximum Gasteiger partial charge on any atom is 0.336 e. The van der Waals surface area contributed by atoms with Gasteiger partial charge in [0.15, 0.2) is 0 Å². The number of fused-ring (bicyclic) bond motifs is 2. The van der Waals surface area contributed by atoms with Crippen LogP contribution in [-0.4, -0.2) is 67.0 Å². The van der Waals surface area contributed by atoms with Crippen LogP contribution in [0.25, 0.3) is 10.9 Å². The molecule has 2 aliphatic rings. The van der Waals surface area contributed by atoms with Crippen LogP contribution in [-0.2, 0) is 32.4 Å². The molecule has 1 saturated heterocycles. The van der Waals surface area contributed by atoms with Crippen LogP contribution in [0.3, 0.4) is 0 Å². The summed E-state index contributed by atoms with van der Waals surface area (Å²) >= 11 is 0. The number of rotatable bonds is 9. The van der Waals surface area contributed by atoms with Crippen molar-refractivity contribution in [1.29, 1.82) is 0 Å². The normalized spacial score (nSPS) is 19.2. The second-order valence-electron chi connectivity index (χ2n) is 10.5. The van der Waals surface area contributed by atoms with E-state index in [0.29, 0.717) is 49.2 Å². The van der Waals surface area contributed by atoms with Crippen LogP contribution in [0.4, 0.5) is 0 Å². The van der Waals surface area contributed by atoms with Crippen molar-refractivity contribution in [3.05, 3.63) is 35.0 Å². The average Bonchev–Trinajstić information content (AvgIpc) is 2.86. The van der Waals surface area contributed by atoms with E-state index in [1.807, 2.05) is 13.8 Å². The number of aryl methyl sites for hydroxylation is 1. The summed E-state index contributed by atoms with van der Waals surface area (Å²) in [5.74, 6) is -0.993. The van der Waals surface area contributed by atoms with Gasteiger partial charge in [-0.25, -0.2) is 13.2 Å². The third-order valence-corrected chi connectivity index (χ3v) is 9.21. The second kappa shape index (κ2) is 11.4. The van der Waals surface area contributed by atoms with Gasteiger partial charge in [0.25, 0.3) is 0 Å². The molecule has 2 N–H and O–H groups in total. The number of hydrogen-bond acceptors (Lipinski definition) is 6. The molecule has 4 rings (SSSR count). The first-order valence-corrected chi connectivity index (χ1v) is 14.6. The lowest BCUT2D eigenvalue weighted by molar-refractivity contribution is -0.126. The van der Waals surface area contributed by atoms with E-state index in [1.165, 1.54) is 16.4 Å². The number of carbonyl (C=O) groups excluding carboxylic acids is 1. The van der Waals surface area contributed by atoms with Gasteiger partial charge in [-0.05, 0) is 82.1 Å². The summed E-state index contributed by atoms with van der Waals surface area (Å²) < 4.78 is 33.8. The predicted octanol–water partition coefficient (Wildman–Crippen LogP) is 3.39. The van der Waals surface area contributed by atoms with Crippen molar-refractivity contribution in [3.63, 3.8) is 0 Å². The number of benzene rings is 1. The Kier molecular flexibility index (Phi) is 8.50. The Morgan fingerprint density at radius 2 is 1.95 bits per heavy atom. The number of amides is 1. The molecule has 2 heterocycles. The summed E-state index contributed by atoms with van der Waals surface area (Å²) in [4.78, 5) is 29.5. The van der Waals surface area contributed by atoms with Crippen LogP contribution in [0.5, 0.6) is 0 Å². The van der Waals surface area contributed by atoms with E-state index in [0.717, 1.165) is 30.5 Å². The molecule has 1 fully saturated rings. The zero-order valence-corrected chi connectivity index (χ0v) is 22.6. The van der Waals surface area contributed by atoms with Gasteiger partial charge in [-0.15, -0.1) is 0 Å². The van der Waals surface area contributed by atoms with Gasteiger partial charge < -0.3 is 15.2 Å². The van der Waals surface area contributed by atoms with Crippen molar-refractivity contribution in [2.75, 3.05) is 26.2 Å². The minimum Gasteiger partial charge on any atom is -0.478 e. The van der Waals surface area contributed by atoms with E-state index in [2.05, 4.69) is 17.2 Å². The molecule has 1 aliphatic carbocycles. The van der Waals surface area contributed by atoms with E-state index in [9.17, 15) is 23.1 Å². The zero-order valence-electron chi connectivity index (χ0n) is 21.8. The summed E-state index contributed by atoms with van der Waals surface area (Å²) in [7, 11) is -3.85. The van der Waals surface area contributed by atoms with Crippen LogP contribution in [0.15, 0.2) is 23.1 Å². The number of hydrogen-bond donors (Lipinski definition) is 2. The molecule has 9 nitrogen and oxygen atoms in total. The molecule has 202 valence electrons. The lowest BCUT2D eigenvalue weighted by atomic mass is 9.84. The first kappa shape index (κ1) is 27.5. The fourth-order valence-electron chi connectivity index (χ4n) is 5.25. The number of carboxylic acid groups (broad SMARTS) is 1. The molecule has 37 heavy (non-hydrogen) atoms. The van der Waals surface area contributed by atoms with Crippen molar-refractivity contribution < 1.29 is 27.9 Å². The van der Waals surface area contributed by atoms with Crippen molar-refractivity contribution >= 4 is 32.8 Å². The van der Waals surface area contributed by atoms with Crippen LogP contribution in [0.1, 0.15) is 68.1 Å². The number of carboxylic acids is 1. The Labute approximate surface area is 218 Å². The van der Waals surface area contributed by atoms with Gasteiger partial charge >= 0.3 is 5.97 Å². The van der Waals surface area contributed by atoms with Gasteiger partial charge in [-0.1, -0.05) is 6.92 Å². The van der Waals surface area contributed by atoms with Crippen molar-refractivity contribution in [2.24, 2.45) is 11.8 Å². The molecular formula is C27H37N3O6S. The number of aromatic nitrogens is 1. The second-order valence-corrected chi connectivity index (χ2v) is 12.4. The third-order valence-electron chi connectivity index (χ3n) is 7.32. The summed E-state index contributed by atoms with van der Waals surface area (Å²) in [6.07, 6.45) is 4.07. The molecule has 1 aromatic carbocycles. The highest BCUT2D eigenvalue weighted by molar-refractivity contribution is 7.89. The highest BCUT2D eigenvalue weighted by Crippen LogP contribution is 2.33. The monoisotopic (exact) mass is 531 g/mol. The van der Waals surface area contributed by atoms with Gasteiger partial charge in [-0.3, -0.25) is 9.78 Å². The summed E-state index contributed by atoms with van der Waals surface area (Å²) in [6, 6.07) is 4.57. The molecule has 0 spiro atoms. The molecule has 0 saturated carbocycles. The largest absolute Gasteiger partial charge is 0.478 e. The number of aromatic carboxylic acids is 1. The van der Waals surface area contributed by atoms with Gasteiger partial charge in [0, 0.05) is 43.2 Å². The van der Waals surface area contributed by atoms with Crippen LogP contribution < -0.4 is 5.32 Å². The number of pyridine rings is 1. The first-order valence-electron chi connectivity index (χ1n) is 13.2. The molecule has 1 amide bonds. The van der Waals surface area contributed by atoms with Gasteiger partial charge in [0.1, 0.15) is 0 Å². The topological polar surface area (TPSA) is 126 Å². The molecule has 1 atom stereocenters. The lowest BCUT2D eigenvalue weighted by Gasteiger charge is -2.30. The molecule has 0 radical (unpaired) electrons. The van der Waals surface area contributed by atoms with Crippen LogP contribution in [0.2, 0.25) is 0 Å². The smallest absolute Gasteiger partial charge is 0.336 e. The van der Waals surface area contributed by atoms with Gasteiger partial charge in [0.05, 0.1) is 22.1 Å². The molecular weight excluding hydrogens is 494 g/mol.